The molecule has 0 spiro atoms. The van der Waals surface area contributed by atoms with Gasteiger partial charge in [-0.1, -0.05) is 0 Å². The lowest BCUT2D eigenvalue weighted by molar-refractivity contribution is -0.424. The Hall–Kier alpha value is -1.98. The van der Waals surface area contributed by atoms with Crippen LogP contribution in [0.15, 0.2) is 35.4 Å². The molecule has 0 aliphatic carbocycles. The molecule has 0 aliphatic rings. The summed E-state index contributed by atoms with van der Waals surface area (Å²) in [5.41, 5.74) is 16.2. The van der Waals surface area contributed by atoms with Gasteiger partial charge in [0, 0.05) is 19.2 Å². The van der Waals surface area contributed by atoms with E-state index in [2.05, 4.69) is 0 Å². The summed E-state index contributed by atoms with van der Waals surface area (Å²) < 4.78 is 0. The smallest absolute Gasteiger partial charge is 0.243 e. The van der Waals surface area contributed by atoms with Gasteiger partial charge < -0.3 is 17.2 Å². The van der Waals surface area contributed by atoms with Gasteiger partial charge in [0.25, 0.3) is 0 Å². The predicted octanol–water partition coefficient (Wildman–Crippen LogP) is -0.232. The molecule has 0 unspecified atom stereocenters. The zero-order valence-electron chi connectivity index (χ0n) is 7.23. The van der Waals surface area contributed by atoms with Crippen LogP contribution in [0.1, 0.15) is 6.92 Å². The molecule has 72 valence electrons. The minimum atomic E-state index is -0.522. The van der Waals surface area contributed by atoms with Gasteiger partial charge in [-0.05, 0) is 6.08 Å². The Morgan fingerprint density at radius 1 is 1.31 bits per heavy atom. The lowest BCUT2D eigenvalue weighted by Gasteiger charge is -1.97. The predicted molar refractivity (Wildman–Crippen MR) is 49.5 cm³/mol. The molecule has 0 heterocycles. The summed E-state index contributed by atoms with van der Waals surface area (Å²) in [6.45, 7) is 1.35. The summed E-state index contributed by atoms with van der Waals surface area (Å²) in [6.07, 6.45) is 3.71. The minimum absolute atomic E-state index is 0.0206. The van der Waals surface area contributed by atoms with Gasteiger partial charge in [0.2, 0.25) is 5.70 Å². The Balaban J connectivity index is 4.61. The van der Waals surface area contributed by atoms with E-state index in [9.17, 15) is 10.1 Å². The number of nitrogens with zero attached hydrogens (tertiary/aromatic N) is 1. The van der Waals surface area contributed by atoms with Crippen LogP contribution in [0.3, 0.4) is 0 Å². The molecule has 0 saturated heterocycles. The van der Waals surface area contributed by atoms with E-state index < -0.39 is 4.92 Å². The Bertz CT molecular complexity index is 291. The average Bonchev–Trinajstić information content (AvgIpc) is 2.11. The molecule has 0 aliphatic heterocycles. The maximum absolute atomic E-state index is 10.1. The summed E-state index contributed by atoms with van der Waals surface area (Å²) in [6, 6.07) is 0. The van der Waals surface area contributed by atoms with Gasteiger partial charge in [0.05, 0.1) is 16.3 Å². The van der Waals surface area contributed by atoms with E-state index in [0.29, 0.717) is 0 Å². The summed E-state index contributed by atoms with van der Waals surface area (Å²) in [4.78, 5) is 9.63. The van der Waals surface area contributed by atoms with Gasteiger partial charge in [-0.15, -0.1) is 0 Å². The van der Waals surface area contributed by atoms with E-state index in [1.807, 2.05) is 0 Å². The molecule has 0 saturated carbocycles. The molecule has 0 bridgehead atoms. The van der Waals surface area contributed by atoms with E-state index in [1.54, 1.807) is 0 Å². The first kappa shape index (κ1) is 11.0. The molecule has 0 aromatic rings. The highest BCUT2D eigenvalue weighted by Crippen LogP contribution is 1.98. The van der Waals surface area contributed by atoms with Gasteiger partial charge in [-0.25, -0.2) is 0 Å². The van der Waals surface area contributed by atoms with Crippen molar-refractivity contribution in [1.29, 1.82) is 0 Å². The summed E-state index contributed by atoms with van der Waals surface area (Å²) in [5.74, 6) is 0. The Labute approximate surface area is 75.5 Å². The molecule has 6 N–H and O–H groups in total. The molecule has 13 heavy (non-hydrogen) atoms. The van der Waals surface area contributed by atoms with Crippen molar-refractivity contribution in [2.45, 2.75) is 6.92 Å². The van der Waals surface area contributed by atoms with E-state index in [0.717, 1.165) is 6.20 Å². The fraction of sp³-hybridized carbons (Fsp3) is 0.143. The Kier molecular flexibility index (Phi) is 4.08. The molecule has 0 amide bonds. The first-order valence-electron chi connectivity index (χ1n) is 3.45. The lowest BCUT2D eigenvalue weighted by Crippen LogP contribution is -2.10. The van der Waals surface area contributed by atoms with E-state index in [4.69, 9.17) is 17.2 Å². The number of hydrogen-bond acceptors (Lipinski definition) is 5. The first-order valence-corrected chi connectivity index (χ1v) is 3.45. The zero-order chi connectivity index (χ0) is 10.4. The van der Waals surface area contributed by atoms with Crippen LogP contribution in [0.25, 0.3) is 0 Å². The third-order valence-electron chi connectivity index (χ3n) is 1.30. The summed E-state index contributed by atoms with van der Waals surface area (Å²) >= 11 is 0. The number of nitrogens with two attached hydrogens (primary N) is 3. The van der Waals surface area contributed by atoms with Crippen LogP contribution in [0.2, 0.25) is 0 Å². The number of hydrogen-bond donors (Lipinski definition) is 3. The molecular formula is C7H12N4O2. The average molecular weight is 184 g/mol. The van der Waals surface area contributed by atoms with Gasteiger partial charge in [0.1, 0.15) is 0 Å². The van der Waals surface area contributed by atoms with Crippen LogP contribution in [0, 0.1) is 10.1 Å². The fourth-order valence-corrected chi connectivity index (χ4v) is 0.464. The molecule has 0 aromatic heterocycles. The van der Waals surface area contributed by atoms with Crippen molar-refractivity contribution in [3.8, 4) is 0 Å². The van der Waals surface area contributed by atoms with Crippen molar-refractivity contribution in [2.75, 3.05) is 0 Å². The molecule has 0 rings (SSSR count). The second kappa shape index (κ2) is 4.81. The maximum Gasteiger partial charge on any atom is 0.243 e. The molecule has 6 heteroatoms. The molecule has 0 fully saturated rings. The van der Waals surface area contributed by atoms with E-state index >= 15 is 0 Å². The van der Waals surface area contributed by atoms with Crippen LogP contribution >= 0.6 is 0 Å². The van der Waals surface area contributed by atoms with Crippen molar-refractivity contribution in [3.05, 3.63) is 45.6 Å². The van der Waals surface area contributed by atoms with Crippen molar-refractivity contribution < 1.29 is 4.92 Å². The minimum Gasteiger partial charge on any atom is -0.403 e. The van der Waals surface area contributed by atoms with E-state index in [-0.39, 0.29) is 17.1 Å². The summed E-state index contributed by atoms with van der Waals surface area (Å²) in [7, 11) is 0. The van der Waals surface area contributed by atoms with Gasteiger partial charge in [-0.2, -0.15) is 0 Å². The molecule has 0 radical (unpaired) electrons. The maximum atomic E-state index is 10.1. The Morgan fingerprint density at radius 3 is 2.23 bits per heavy atom. The number of allylic oxidation sites excluding steroid dienone is 3. The third-order valence-corrected chi connectivity index (χ3v) is 1.30. The first-order chi connectivity index (χ1) is 5.99. The highest BCUT2D eigenvalue weighted by atomic mass is 16.6. The Morgan fingerprint density at radius 2 is 1.85 bits per heavy atom. The zero-order valence-corrected chi connectivity index (χ0v) is 7.23. The molecular weight excluding hydrogens is 172 g/mol. The van der Waals surface area contributed by atoms with Crippen molar-refractivity contribution in [3.63, 3.8) is 0 Å². The standard InChI is InChI=1S/C7H12N4O2/c1-5(11(12)13)2-3-6(9)7(10)4-8/h2-4H,8-10H2,1H3/b5-2+,6-3+,7-4+. The van der Waals surface area contributed by atoms with Gasteiger partial charge in [-0.3, -0.25) is 10.1 Å². The largest absolute Gasteiger partial charge is 0.403 e. The monoisotopic (exact) mass is 184 g/mol. The second-order valence-electron chi connectivity index (χ2n) is 2.31. The van der Waals surface area contributed by atoms with Crippen LogP contribution in [0.5, 0.6) is 0 Å². The molecule has 6 nitrogen and oxygen atoms in total. The normalized spacial score (nSPS) is 14.4. The second-order valence-corrected chi connectivity index (χ2v) is 2.31. The fourth-order valence-electron chi connectivity index (χ4n) is 0.464. The van der Waals surface area contributed by atoms with Crippen LogP contribution in [0.4, 0.5) is 0 Å². The molecule has 0 aromatic carbocycles. The van der Waals surface area contributed by atoms with Gasteiger partial charge >= 0.3 is 0 Å². The van der Waals surface area contributed by atoms with Crippen molar-refractivity contribution in [2.24, 2.45) is 17.2 Å². The number of nitro groups is 1. The topological polar surface area (TPSA) is 121 Å². The summed E-state index contributed by atoms with van der Waals surface area (Å²) in [5, 5.41) is 10.1. The highest BCUT2D eigenvalue weighted by molar-refractivity contribution is 5.28. The van der Waals surface area contributed by atoms with Crippen LogP contribution < -0.4 is 17.2 Å². The van der Waals surface area contributed by atoms with Crippen molar-refractivity contribution >= 4 is 0 Å². The van der Waals surface area contributed by atoms with Crippen molar-refractivity contribution in [1.82, 2.24) is 0 Å². The van der Waals surface area contributed by atoms with Gasteiger partial charge in [0.15, 0.2) is 0 Å². The van der Waals surface area contributed by atoms with E-state index in [1.165, 1.54) is 19.1 Å². The lowest BCUT2D eigenvalue weighted by atomic mass is 10.3. The number of rotatable bonds is 3. The van der Waals surface area contributed by atoms with Crippen LogP contribution in [-0.2, 0) is 0 Å². The molecule has 0 atom stereocenters. The highest BCUT2D eigenvalue weighted by Gasteiger charge is 1.99. The SMILES string of the molecule is C\C(=C/C=C(N)\C(N)=C/N)[N+](=O)[O-]. The third kappa shape index (κ3) is 3.80. The quantitative estimate of drug-likeness (QED) is 0.317. The van der Waals surface area contributed by atoms with Crippen LogP contribution in [-0.4, -0.2) is 4.92 Å².